The zero-order valence-corrected chi connectivity index (χ0v) is 14.5. The predicted octanol–water partition coefficient (Wildman–Crippen LogP) is 4.33. The molecule has 0 fully saturated rings. The first-order chi connectivity index (χ1) is 12.1. The van der Waals surface area contributed by atoms with Gasteiger partial charge in [0, 0.05) is 13.0 Å². The highest BCUT2D eigenvalue weighted by Gasteiger charge is 2.16. The lowest BCUT2D eigenvalue weighted by molar-refractivity contribution is 0.380. The Morgan fingerprint density at radius 3 is 2.40 bits per heavy atom. The summed E-state index contributed by atoms with van der Waals surface area (Å²) in [5.41, 5.74) is 3.97. The van der Waals surface area contributed by atoms with E-state index in [4.69, 9.17) is 9.68 Å². The van der Waals surface area contributed by atoms with E-state index in [1.807, 2.05) is 31.2 Å². The van der Waals surface area contributed by atoms with Gasteiger partial charge in [-0.25, -0.2) is 0 Å². The van der Waals surface area contributed by atoms with E-state index in [0.29, 0.717) is 17.3 Å². The molecule has 0 radical (unpaired) electrons. The van der Waals surface area contributed by atoms with Crippen LogP contribution in [0.25, 0.3) is 11.1 Å². The van der Waals surface area contributed by atoms with Gasteiger partial charge in [-0.1, -0.05) is 36.4 Å². The summed E-state index contributed by atoms with van der Waals surface area (Å²) < 4.78 is 5.47. The van der Waals surface area contributed by atoms with Gasteiger partial charge in [0.15, 0.2) is 0 Å². The van der Waals surface area contributed by atoms with Gasteiger partial charge in [-0.15, -0.1) is 10.2 Å². The van der Waals surface area contributed by atoms with Gasteiger partial charge in [-0.2, -0.15) is 5.26 Å². The molecule has 126 valence electrons. The highest BCUT2D eigenvalue weighted by Crippen LogP contribution is 2.24. The number of benzene rings is 2. The van der Waals surface area contributed by atoms with Crippen molar-refractivity contribution in [3.8, 4) is 17.2 Å². The Labute approximate surface area is 147 Å². The van der Waals surface area contributed by atoms with Crippen LogP contribution in [0.2, 0.25) is 0 Å². The van der Waals surface area contributed by atoms with Crippen LogP contribution >= 0.6 is 0 Å². The van der Waals surface area contributed by atoms with Gasteiger partial charge in [0.1, 0.15) is 0 Å². The maximum absolute atomic E-state index is 9.03. The fourth-order valence-electron chi connectivity index (χ4n) is 2.76. The number of nitrogens with one attached hydrogen (secondary N) is 1. The van der Waals surface area contributed by atoms with E-state index in [-0.39, 0.29) is 12.1 Å². The van der Waals surface area contributed by atoms with E-state index in [0.717, 1.165) is 11.1 Å². The minimum atomic E-state index is -0.0248. The summed E-state index contributed by atoms with van der Waals surface area (Å²) in [6.45, 7) is 5.89. The molecule has 1 heterocycles. The molecule has 0 saturated carbocycles. The molecule has 25 heavy (non-hydrogen) atoms. The van der Waals surface area contributed by atoms with Gasteiger partial charge < -0.3 is 4.42 Å². The van der Waals surface area contributed by atoms with Crippen LogP contribution in [-0.4, -0.2) is 10.2 Å². The second-order valence-corrected chi connectivity index (χ2v) is 6.08. The van der Waals surface area contributed by atoms with Crippen molar-refractivity contribution in [3.05, 3.63) is 71.4 Å². The second kappa shape index (κ2) is 7.29. The zero-order chi connectivity index (χ0) is 17.8. The molecule has 0 unspecified atom stereocenters. The van der Waals surface area contributed by atoms with Crippen molar-refractivity contribution in [1.29, 1.82) is 5.26 Å². The molecule has 0 aliphatic carbocycles. The van der Waals surface area contributed by atoms with Crippen LogP contribution in [-0.2, 0) is 0 Å². The molecule has 0 bridgehead atoms. The zero-order valence-electron chi connectivity index (χ0n) is 14.5. The Kier molecular flexibility index (Phi) is 4.92. The SMILES string of the molecule is Cc1nnc([C@H](C)N[C@@H](C)c2ccc(-c3cccc(C#N)c3)cc2)o1. The van der Waals surface area contributed by atoms with E-state index >= 15 is 0 Å². The van der Waals surface area contributed by atoms with E-state index < -0.39 is 0 Å². The topological polar surface area (TPSA) is 74.7 Å². The molecule has 0 spiro atoms. The summed E-state index contributed by atoms with van der Waals surface area (Å²) in [4.78, 5) is 0. The molecule has 3 rings (SSSR count). The van der Waals surface area contributed by atoms with Crippen LogP contribution < -0.4 is 5.32 Å². The third-order valence-electron chi connectivity index (χ3n) is 4.15. The monoisotopic (exact) mass is 332 g/mol. The minimum absolute atomic E-state index is 0.0248. The first-order valence-corrected chi connectivity index (χ1v) is 8.23. The molecular weight excluding hydrogens is 312 g/mol. The number of aryl methyl sites for hydroxylation is 1. The van der Waals surface area contributed by atoms with Crippen molar-refractivity contribution in [2.24, 2.45) is 0 Å². The lowest BCUT2D eigenvalue weighted by Gasteiger charge is -2.18. The quantitative estimate of drug-likeness (QED) is 0.752. The predicted molar refractivity (Wildman–Crippen MR) is 95.6 cm³/mol. The Bertz CT molecular complexity index is 893. The van der Waals surface area contributed by atoms with Crippen LogP contribution in [0.3, 0.4) is 0 Å². The maximum Gasteiger partial charge on any atom is 0.233 e. The Balaban J connectivity index is 1.72. The molecule has 1 aromatic heterocycles. The van der Waals surface area contributed by atoms with Crippen molar-refractivity contribution in [2.45, 2.75) is 32.9 Å². The van der Waals surface area contributed by atoms with Gasteiger partial charge in [-0.05, 0) is 42.7 Å². The normalized spacial score (nSPS) is 13.2. The van der Waals surface area contributed by atoms with Gasteiger partial charge in [-0.3, -0.25) is 5.32 Å². The Morgan fingerprint density at radius 1 is 1.00 bits per heavy atom. The lowest BCUT2D eigenvalue weighted by Crippen LogP contribution is -2.22. The summed E-state index contributed by atoms with van der Waals surface area (Å²) in [6, 6.07) is 18.3. The number of hydrogen-bond acceptors (Lipinski definition) is 5. The van der Waals surface area contributed by atoms with Crippen LogP contribution in [0.4, 0.5) is 0 Å². The molecule has 1 N–H and O–H groups in total. The average molecular weight is 332 g/mol. The number of nitrogens with zero attached hydrogens (tertiary/aromatic N) is 3. The maximum atomic E-state index is 9.03. The number of rotatable bonds is 5. The van der Waals surface area contributed by atoms with Gasteiger partial charge >= 0.3 is 0 Å². The third kappa shape index (κ3) is 3.93. The largest absolute Gasteiger partial charge is 0.424 e. The average Bonchev–Trinajstić information content (AvgIpc) is 3.08. The molecule has 0 saturated heterocycles. The van der Waals surface area contributed by atoms with Crippen LogP contribution in [0.15, 0.2) is 52.9 Å². The molecular formula is C20H20N4O. The van der Waals surface area contributed by atoms with Crippen molar-refractivity contribution in [2.75, 3.05) is 0 Å². The molecule has 0 aliphatic heterocycles. The molecule has 0 aliphatic rings. The lowest BCUT2D eigenvalue weighted by atomic mass is 10.00. The van der Waals surface area contributed by atoms with Crippen molar-refractivity contribution in [3.63, 3.8) is 0 Å². The van der Waals surface area contributed by atoms with E-state index in [2.05, 4.69) is 52.8 Å². The highest BCUT2D eigenvalue weighted by atomic mass is 16.4. The number of nitriles is 1. The van der Waals surface area contributed by atoms with Crippen molar-refractivity contribution < 1.29 is 4.42 Å². The summed E-state index contributed by atoms with van der Waals surface area (Å²) in [6.07, 6.45) is 0. The molecule has 5 nitrogen and oxygen atoms in total. The van der Waals surface area contributed by atoms with E-state index in [9.17, 15) is 0 Å². The molecule has 2 aromatic carbocycles. The van der Waals surface area contributed by atoms with Crippen molar-refractivity contribution >= 4 is 0 Å². The molecule has 0 amide bonds. The number of hydrogen-bond donors (Lipinski definition) is 1. The Hall–Kier alpha value is -2.97. The standard InChI is InChI=1S/C20H20N4O/c1-13(22-14(2)20-24-23-15(3)25-20)17-7-9-18(10-8-17)19-6-4-5-16(11-19)12-21/h4-11,13-14,22H,1-3H3/t13-,14-/m0/s1. The fourth-order valence-corrected chi connectivity index (χ4v) is 2.76. The molecule has 2 atom stereocenters. The molecule has 5 heteroatoms. The van der Waals surface area contributed by atoms with Crippen LogP contribution in [0.5, 0.6) is 0 Å². The first-order valence-electron chi connectivity index (χ1n) is 8.23. The summed E-state index contributed by atoms with van der Waals surface area (Å²) in [5.74, 6) is 1.16. The summed E-state index contributed by atoms with van der Waals surface area (Å²) >= 11 is 0. The second-order valence-electron chi connectivity index (χ2n) is 6.08. The highest BCUT2D eigenvalue weighted by molar-refractivity contribution is 5.65. The van der Waals surface area contributed by atoms with Crippen LogP contribution in [0.1, 0.15) is 48.8 Å². The number of aromatic nitrogens is 2. The van der Waals surface area contributed by atoms with Crippen LogP contribution in [0, 0.1) is 18.3 Å². The van der Waals surface area contributed by atoms with E-state index in [1.165, 1.54) is 5.56 Å². The summed E-state index contributed by atoms with van der Waals surface area (Å²) in [5, 5.41) is 20.4. The Morgan fingerprint density at radius 2 is 1.76 bits per heavy atom. The van der Waals surface area contributed by atoms with Gasteiger partial charge in [0.25, 0.3) is 0 Å². The van der Waals surface area contributed by atoms with Gasteiger partial charge in [0.2, 0.25) is 11.8 Å². The minimum Gasteiger partial charge on any atom is -0.424 e. The molecule has 3 aromatic rings. The first kappa shape index (κ1) is 16.9. The van der Waals surface area contributed by atoms with Gasteiger partial charge in [0.05, 0.1) is 17.7 Å². The summed E-state index contributed by atoms with van der Waals surface area (Å²) in [7, 11) is 0. The fraction of sp³-hybridized carbons (Fsp3) is 0.250. The third-order valence-corrected chi connectivity index (χ3v) is 4.15. The smallest absolute Gasteiger partial charge is 0.233 e. The van der Waals surface area contributed by atoms with Crippen molar-refractivity contribution in [1.82, 2.24) is 15.5 Å². The van der Waals surface area contributed by atoms with E-state index in [1.54, 1.807) is 6.92 Å².